The Labute approximate surface area is 185 Å². The number of hydrogen-bond acceptors (Lipinski definition) is 5. The van der Waals surface area contributed by atoms with Crippen LogP contribution < -0.4 is 4.74 Å². The van der Waals surface area contributed by atoms with Gasteiger partial charge >= 0.3 is 5.97 Å². The van der Waals surface area contributed by atoms with Crippen LogP contribution >= 0.6 is 11.3 Å². The summed E-state index contributed by atoms with van der Waals surface area (Å²) < 4.78 is 10.9. The van der Waals surface area contributed by atoms with Crippen LogP contribution in [0.5, 0.6) is 5.75 Å². The van der Waals surface area contributed by atoms with E-state index in [-0.39, 0.29) is 11.4 Å². The molecule has 0 aliphatic carbocycles. The molecule has 0 saturated heterocycles. The molecule has 166 valence electrons. The van der Waals surface area contributed by atoms with Gasteiger partial charge in [0.25, 0.3) is 0 Å². The van der Waals surface area contributed by atoms with Crippen molar-refractivity contribution in [3.8, 4) is 5.75 Å². The van der Waals surface area contributed by atoms with Crippen LogP contribution in [0.25, 0.3) is 0 Å². The Morgan fingerprint density at radius 1 is 1.00 bits per heavy atom. The van der Waals surface area contributed by atoms with Crippen molar-refractivity contribution in [3.05, 3.63) is 50.7 Å². The number of benzene rings is 1. The monoisotopic (exact) mass is 432 g/mol. The number of esters is 1. The lowest BCUT2D eigenvalue weighted by Crippen LogP contribution is -2.34. The summed E-state index contributed by atoms with van der Waals surface area (Å²) in [6.45, 7) is 12.6. The molecule has 2 aromatic rings. The zero-order chi connectivity index (χ0) is 22.5. The SMILES string of the molecule is CCC(O)(CC)COc1ccc(C(CC)(CC)c2cc(C)c(C(=O)OC)s2)cc1C. The molecule has 0 fully saturated rings. The molecule has 0 aliphatic heterocycles. The highest BCUT2D eigenvalue weighted by Gasteiger charge is 2.34. The zero-order valence-corrected chi connectivity index (χ0v) is 20.2. The van der Waals surface area contributed by atoms with Crippen LogP contribution in [0, 0.1) is 13.8 Å². The first kappa shape index (κ1) is 24.4. The van der Waals surface area contributed by atoms with Crippen molar-refractivity contribution in [2.45, 2.75) is 78.2 Å². The molecule has 0 spiro atoms. The number of aliphatic hydroxyl groups is 1. The molecule has 0 radical (unpaired) electrons. The van der Waals surface area contributed by atoms with Crippen LogP contribution in [0.1, 0.15) is 84.6 Å². The lowest BCUT2D eigenvalue weighted by molar-refractivity contribution is -0.0115. The third kappa shape index (κ3) is 4.73. The smallest absolute Gasteiger partial charge is 0.348 e. The van der Waals surface area contributed by atoms with Crippen LogP contribution in [0.2, 0.25) is 0 Å². The minimum Gasteiger partial charge on any atom is -0.490 e. The minimum atomic E-state index is -0.791. The third-order valence-corrected chi connectivity index (χ3v) is 7.93. The van der Waals surface area contributed by atoms with Crippen LogP contribution in [-0.2, 0) is 10.2 Å². The van der Waals surface area contributed by atoms with Crippen molar-refractivity contribution in [1.29, 1.82) is 0 Å². The fourth-order valence-corrected chi connectivity index (χ4v) is 5.38. The van der Waals surface area contributed by atoms with Crippen LogP contribution in [0.3, 0.4) is 0 Å². The van der Waals surface area contributed by atoms with Gasteiger partial charge in [0, 0.05) is 10.3 Å². The van der Waals surface area contributed by atoms with Gasteiger partial charge in [0.2, 0.25) is 0 Å². The van der Waals surface area contributed by atoms with Crippen LogP contribution in [0.15, 0.2) is 24.3 Å². The first-order chi connectivity index (χ1) is 14.2. The lowest BCUT2D eigenvalue weighted by Gasteiger charge is -2.32. The van der Waals surface area contributed by atoms with E-state index in [1.54, 1.807) is 0 Å². The average molecular weight is 433 g/mol. The molecule has 0 atom stereocenters. The highest BCUT2D eigenvalue weighted by Crippen LogP contribution is 2.44. The molecule has 5 heteroatoms. The molecule has 1 heterocycles. The summed E-state index contributed by atoms with van der Waals surface area (Å²) in [6, 6.07) is 8.45. The molecule has 2 rings (SSSR count). The number of hydrogen-bond donors (Lipinski definition) is 1. The predicted octanol–water partition coefficient (Wildman–Crippen LogP) is 6.19. The summed E-state index contributed by atoms with van der Waals surface area (Å²) in [4.78, 5) is 14.0. The van der Waals surface area contributed by atoms with E-state index in [1.807, 2.05) is 33.8 Å². The summed E-state index contributed by atoms with van der Waals surface area (Å²) in [6.07, 6.45) is 3.18. The third-order valence-electron chi connectivity index (χ3n) is 6.51. The maximum atomic E-state index is 12.1. The quantitative estimate of drug-likeness (QED) is 0.455. The van der Waals surface area contributed by atoms with Crippen molar-refractivity contribution in [1.82, 2.24) is 0 Å². The Kier molecular flexibility index (Phi) is 8.12. The van der Waals surface area contributed by atoms with E-state index in [0.29, 0.717) is 24.3 Å². The molecule has 1 N–H and O–H groups in total. The van der Waals surface area contributed by atoms with Gasteiger partial charge in [0.15, 0.2) is 0 Å². The van der Waals surface area contributed by atoms with Gasteiger partial charge in [0.05, 0.1) is 12.7 Å². The Balaban J connectivity index is 2.41. The van der Waals surface area contributed by atoms with Gasteiger partial charge in [-0.15, -0.1) is 11.3 Å². The van der Waals surface area contributed by atoms with Crippen molar-refractivity contribution in [2.24, 2.45) is 0 Å². The van der Waals surface area contributed by atoms with Crippen LogP contribution in [0.4, 0.5) is 0 Å². The molecular formula is C25H36O4S. The van der Waals surface area contributed by atoms with E-state index in [0.717, 1.165) is 29.7 Å². The van der Waals surface area contributed by atoms with Gasteiger partial charge in [-0.3, -0.25) is 0 Å². The number of methoxy groups -OCH3 is 1. The van der Waals surface area contributed by atoms with Gasteiger partial charge in [-0.05, 0) is 68.4 Å². The van der Waals surface area contributed by atoms with E-state index < -0.39 is 5.60 Å². The van der Waals surface area contributed by atoms with Gasteiger partial charge < -0.3 is 14.6 Å². The first-order valence-corrected chi connectivity index (χ1v) is 11.7. The van der Waals surface area contributed by atoms with E-state index >= 15 is 0 Å². The Bertz CT molecular complexity index is 860. The maximum Gasteiger partial charge on any atom is 0.348 e. The maximum absolute atomic E-state index is 12.1. The van der Waals surface area contributed by atoms with E-state index in [1.165, 1.54) is 28.9 Å². The van der Waals surface area contributed by atoms with Gasteiger partial charge in [-0.1, -0.05) is 39.8 Å². The van der Waals surface area contributed by atoms with Crippen molar-refractivity contribution >= 4 is 17.3 Å². The van der Waals surface area contributed by atoms with Crippen LogP contribution in [-0.4, -0.2) is 30.4 Å². The molecule has 4 nitrogen and oxygen atoms in total. The molecule has 0 aliphatic rings. The molecule has 1 aromatic carbocycles. The van der Waals surface area contributed by atoms with E-state index in [4.69, 9.17) is 9.47 Å². The summed E-state index contributed by atoms with van der Waals surface area (Å²) in [5.74, 6) is 0.530. The number of carbonyl (C=O) groups is 1. The predicted molar refractivity (Wildman–Crippen MR) is 124 cm³/mol. The first-order valence-electron chi connectivity index (χ1n) is 10.9. The molecule has 0 saturated carbocycles. The van der Waals surface area contributed by atoms with E-state index in [2.05, 4.69) is 32.0 Å². The van der Waals surface area contributed by atoms with Crippen molar-refractivity contribution < 1.29 is 19.4 Å². The largest absolute Gasteiger partial charge is 0.490 e. The van der Waals surface area contributed by atoms with Crippen molar-refractivity contribution in [2.75, 3.05) is 13.7 Å². The van der Waals surface area contributed by atoms with Gasteiger partial charge in [-0.2, -0.15) is 0 Å². The van der Waals surface area contributed by atoms with Gasteiger partial charge in [0.1, 0.15) is 17.2 Å². The number of thiophene rings is 1. The second kappa shape index (κ2) is 9.97. The lowest BCUT2D eigenvalue weighted by atomic mass is 9.74. The number of carbonyl (C=O) groups excluding carboxylic acids is 1. The Hall–Kier alpha value is -1.85. The van der Waals surface area contributed by atoms with E-state index in [9.17, 15) is 9.90 Å². The Morgan fingerprint density at radius 2 is 1.63 bits per heavy atom. The number of rotatable bonds is 10. The van der Waals surface area contributed by atoms with Crippen molar-refractivity contribution in [3.63, 3.8) is 0 Å². The minimum absolute atomic E-state index is 0.168. The molecule has 30 heavy (non-hydrogen) atoms. The highest BCUT2D eigenvalue weighted by atomic mass is 32.1. The molecular weight excluding hydrogens is 396 g/mol. The number of ether oxygens (including phenoxy) is 2. The molecule has 0 unspecified atom stereocenters. The topological polar surface area (TPSA) is 55.8 Å². The molecule has 1 aromatic heterocycles. The second-order valence-electron chi connectivity index (χ2n) is 8.10. The molecule has 0 amide bonds. The molecule has 0 bridgehead atoms. The highest BCUT2D eigenvalue weighted by molar-refractivity contribution is 7.14. The Morgan fingerprint density at radius 3 is 2.13 bits per heavy atom. The second-order valence-corrected chi connectivity index (χ2v) is 9.16. The fraction of sp³-hybridized carbons (Fsp3) is 0.560. The number of aryl methyl sites for hydroxylation is 2. The summed E-state index contributed by atoms with van der Waals surface area (Å²) in [5, 5.41) is 10.5. The normalized spacial score (nSPS) is 12.1. The standard InChI is InChI=1S/C25H36O4S/c1-8-24(27,9-2)16-29-20-13-12-19(14-17(20)5)25(10-3,11-4)21-15-18(6)22(30-21)23(26)28-7/h12-15,27H,8-11,16H2,1-7H3. The summed E-state index contributed by atoms with van der Waals surface area (Å²) in [7, 11) is 1.42. The van der Waals surface area contributed by atoms with Gasteiger partial charge in [-0.25, -0.2) is 4.79 Å². The summed E-state index contributed by atoms with van der Waals surface area (Å²) >= 11 is 1.53. The zero-order valence-electron chi connectivity index (χ0n) is 19.4. The summed E-state index contributed by atoms with van der Waals surface area (Å²) in [5.41, 5.74) is 2.27. The average Bonchev–Trinajstić information content (AvgIpc) is 3.15. The fourth-order valence-electron chi connectivity index (χ4n) is 3.94.